The molecule has 2 atom stereocenters. The van der Waals surface area contributed by atoms with Gasteiger partial charge in [-0.25, -0.2) is 9.38 Å². The monoisotopic (exact) mass is 571 g/mol. The molecular weight excluding hydrogens is 549 g/mol. The minimum Gasteiger partial charge on any atom is -0.341 e. The standard InChI is InChI=1S/C30H23BrFN3O3/c1-18-29(37)35(13-12-19-2-3-21-15-28(36)33-27(21)14-19)30(38-18)26-17-34(24-10-6-22(31)7-11-24)16-25(26)20-4-8-23(32)9-5-20/h2-11,14-18,30H,12-13H2,1H3. The van der Waals surface area contributed by atoms with Gasteiger partial charge in [-0.2, -0.15) is 0 Å². The zero-order valence-corrected chi connectivity index (χ0v) is 22.1. The van der Waals surface area contributed by atoms with Crippen molar-refractivity contribution in [1.82, 2.24) is 9.47 Å². The number of hydrogen-bond acceptors (Lipinski definition) is 3. The van der Waals surface area contributed by atoms with E-state index < -0.39 is 12.3 Å². The second-order valence-corrected chi connectivity index (χ2v) is 10.3. The summed E-state index contributed by atoms with van der Waals surface area (Å²) in [5.74, 6) is -0.658. The molecule has 1 aromatic heterocycles. The normalized spacial score (nSPS) is 18.4. The van der Waals surface area contributed by atoms with Crippen LogP contribution in [0.5, 0.6) is 0 Å². The molecule has 2 aliphatic heterocycles. The first-order chi connectivity index (χ1) is 18.4. The zero-order valence-electron chi connectivity index (χ0n) is 20.5. The molecule has 3 heterocycles. The van der Waals surface area contributed by atoms with E-state index in [1.165, 1.54) is 18.2 Å². The number of benzene rings is 3. The van der Waals surface area contributed by atoms with Crippen LogP contribution in [0.1, 0.15) is 24.3 Å². The van der Waals surface area contributed by atoms with Crippen LogP contribution in [-0.4, -0.2) is 33.9 Å². The molecule has 0 bridgehead atoms. The van der Waals surface area contributed by atoms with Crippen molar-refractivity contribution < 1.29 is 18.7 Å². The number of hydrogen-bond donors (Lipinski definition) is 0. The number of rotatable bonds is 6. The largest absolute Gasteiger partial charge is 0.341 e. The van der Waals surface area contributed by atoms with Crippen molar-refractivity contribution >= 4 is 33.8 Å². The van der Waals surface area contributed by atoms with Gasteiger partial charge in [-0.3, -0.25) is 9.59 Å². The number of halogens is 2. The van der Waals surface area contributed by atoms with Crippen molar-refractivity contribution in [3.8, 4) is 16.8 Å². The van der Waals surface area contributed by atoms with Gasteiger partial charge in [0.15, 0.2) is 6.23 Å². The second kappa shape index (κ2) is 9.78. The molecule has 0 aliphatic carbocycles. The molecule has 0 N–H and O–H groups in total. The number of ether oxygens (including phenoxy) is 1. The van der Waals surface area contributed by atoms with Crippen LogP contribution in [0.15, 0.2) is 88.6 Å². The van der Waals surface area contributed by atoms with Gasteiger partial charge in [0.05, 0.1) is 5.36 Å². The van der Waals surface area contributed by atoms with Gasteiger partial charge in [0.25, 0.3) is 11.8 Å². The van der Waals surface area contributed by atoms with E-state index >= 15 is 0 Å². The molecule has 38 heavy (non-hydrogen) atoms. The third-order valence-corrected chi connectivity index (χ3v) is 7.42. The number of carbonyl (C=O) groups excluding carboxylic acids is 2. The first-order valence-electron chi connectivity index (χ1n) is 12.3. The Morgan fingerprint density at radius 2 is 1.76 bits per heavy atom. The minimum absolute atomic E-state index is 0.0918. The van der Waals surface area contributed by atoms with Crippen LogP contribution in [0.3, 0.4) is 0 Å². The summed E-state index contributed by atoms with van der Waals surface area (Å²) in [6.45, 7) is 2.19. The Kier molecular flexibility index (Phi) is 6.29. The van der Waals surface area contributed by atoms with Crippen LogP contribution < -0.4 is 10.6 Å². The van der Waals surface area contributed by atoms with E-state index in [0.717, 1.165) is 37.6 Å². The molecule has 4 aromatic rings. The zero-order chi connectivity index (χ0) is 26.4. The highest BCUT2D eigenvalue weighted by molar-refractivity contribution is 9.10. The molecule has 6 rings (SSSR count). The number of carbonyl (C=O) groups is 2. The summed E-state index contributed by atoms with van der Waals surface area (Å²) in [7, 11) is 0. The summed E-state index contributed by atoms with van der Waals surface area (Å²) in [5.41, 5.74) is 4.43. The molecular formula is C30H23BrFN3O3. The average Bonchev–Trinajstić information content (AvgIpc) is 3.58. The molecule has 0 spiro atoms. The van der Waals surface area contributed by atoms with Crippen LogP contribution in [0.25, 0.3) is 22.9 Å². The molecule has 0 radical (unpaired) electrons. The minimum atomic E-state index is -0.608. The number of nitrogens with zero attached hydrogens (tertiary/aromatic N) is 3. The van der Waals surface area contributed by atoms with E-state index in [4.69, 9.17) is 4.74 Å². The van der Waals surface area contributed by atoms with Gasteiger partial charge >= 0.3 is 0 Å². The van der Waals surface area contributed by atoms with E-state index in [2.05, 4.69) is 20.9 Å². The van der Waals surface area contributed by atoms with Gasteiger partial charge < -0.3 is 14.2 Å². The third-order valence-electron chi connectivity index (χ3n) is 6.90. The fourth-order valence-corrected chi connectivity index (χ4v) is 5.20. The van der Waals surface area contributed by atoms with Gasteiger partial charge in [-0.1, -0.05) is 40.2 Å². The topological polar surface area (TPSA) is 63.9 Å². The number of aromatic nitrogens is 1. The summed E-state index contributed by atoms with van der Waals surface area (Å²) in [6.07, 6.45) is 4.84. The molecule has 2 amide bonds. The molecule has 1 saturated heterocycles. The van der Waals surface area contributed by atoms with Crippen molar-refractivity contribution in [2.75, 3.05) is 6.54 Å². The predicted octanol–water partition coefficient (Wildman–Crippen LogP) is 4.47. The lowest BCUT2D eigenvalue weighted by Crippen LogP contribution is -2.32. The molecule has 0 saturated carbocycles. The Morgan fingerprint density at radius 3 is 2.53 bits per heavy atom. The van der Waals surface area contributed by atoms with Gasteiger partial charge in [-0.15, -0.1) is 0 Å². The summed E-state index contributed by atoms with van der Waals surface area (Å²) in [5, 5.41) is 1.47. The Balaban J connectivity index is 1.36. The van der Waals surface area contributed by atoms with Crippen LogP contribution in [-0.2, 0) is 20.7 Å². The van der Waals surface area contributed by atoms with Crippen LogP contribution >= 0.6 is 15.9 Å². The maximum Gasteiger partial charge on any atom is 0.270 e. The van der Waals surface area contributed by atoms with Crippen molar-refractivity contribution in [3.05, 3.63) is 111 Å². The first kappa shape index (κ1) is 24.5. The summed E-state index contributed by atoms with van der Waals surface area (Å²) >= 11 is 3.48. The Labute approximate surface area is 226 Å². The quantitative estimate of drug-likeness (QED) is 0.343. The van der Waals surface area contributed by atoms with Gasteiger partial charge in [0.2, 0.25) is 0 Å². The molecule has 190 valence electrons. The Bertz CT molecular complexity index is 1680. The Morgan fingerprint density at radius 1 is 1.00 bits per heavy atom. The lowest BCUT2D eigenvalue weighted by Gasteiger charge is -2.24. The third kappa shape index (κ3) is 4.61. The van der Waals surface area contributed by atoms with Crippen LogP contribution in [0.4, 0.5) is 4.39 Å². The molecule has 8 heteroatoms. The highest BCUT2D eigenvalue weighted by Gasteiger charge is 2.40. The molecule has 2 unspecified atom stereocenters. The predicted molar refractivity (Wildman–Crippen MR) is 144 cm³/mol. The van der Waals surface area contributed by atoms with Crippen molar-refractivity contribution in [3.63, 3.8) is 0 Å². The van der Waals surface area contributed by atoms with E-state index in [0.29, 0.717) is 18.3 Å². The van der Waals surface area contributed by atoms with Gasteiger partial charge in [0, 0.05) is 51.5 Å². The summed E-state index contributed by atoms with van der Waals surface area (Å²) < 4.78 is 22.9. The second-order valence-electron chi connectivity index (χ2n) is 9.42. The molecule has 3 aromatic carbocycles. The highest BCUT2D eigenvalue weighted by atomic mass is 79.9. The van der Waals surface area contributed by atoms with Crippen LogP contribution in [0.2, 0.25) is 0 Å². The van der Waals surface area contributed by atoms with E-state index in [1.54, 1.807) is 24.0 Å². The van der Waals surface area contributed by atoms with E-state index in [1.807, 2.05) is 59.4 Å². The maximum atomic E-state index is 13.7. The van der Waals surface area contributed by atoms with Gasteiger partial charge in [-0.05, 0) is 66.9 Å². The average molecular weight is 572 g/mol. The maximum absolute atomic E-state index is 13.7. The summed E-state index contributed by atoms with van der Waals surface area (Å²) in [6, 6.07) is 20.0. The smallest absolute Gasteiger partial charge is 0.270 e. The molecule has 1 fully saturated rings. The van der Waals surface area contributed by atoms with Crippen molar-refractivity contribution in [2.45, 2.75) is 25.7 Å². The molecule has 2 aliphatic rings. The first-order valence-corrected chi connectivity index (χ1v) is 13.1. The number of amides is 2. The number of fused-ring (bicyclic) bond motifs is 1. The fraction of sp³-hybridized carbons (Fsp3) is 0.167. The molecule has 6 nitrogen and oxygen atoms in total. The fourth-order valence-electron chi connectivity index (χ4n) is 4.94. The van der Waals surface area contributed by atoms with Crippen molar-refractivity contribution in [1.29, 1.82) is 0 Å². The Hall–Kier alpha value is -3.88. The lowest BCUT2D eigenvalue weighted by atomic mass is 10.0. The summed E-state index contributed by atoms with van der Waals surface area (Å²) in [4.78, 5) is 30.6. The van der Waals surface area contributed by atoms with E-state index in [-0.39, 0.29) is 17.6 Å². The highest BCUT2D eigenvalue weighted by Crippen LogP contribution is 2.38. The van der Waals surface area contributed by atoms with Gasteiger partial charge in [0.1, 0.15) is 11.9 Å². The van der Waals surface area contributed by atoms with Crippen LogP contribution in [0, 0.1) is 5.82 Å². The van der Waals surface area contributed by atoms with Crippen molar-refractivity contribution in [2.24, 2.45) is 4.99 Å². The SMILES string of the molecule is CC1OC(c2cn(-c3ccc(Br)cc3)cc2-c2ccc(F)cc2)N(CCc2ccc3c(c2)=NC(=O)C=3)C1=O. The van der Waals surface area contributed by atoms with E-state index in [9.17, 15) is 14.0 Å². The lowest BCUT2D eigenvalue weighted by molar-refractivity contribution is -0.130.